The molecule has 1 aromatic heterocycles. The van der Waals surface area contributed by atoms with Gasteiger partial charge < -0.3 is 4.90 Å². The van der Waals surface area contributed by atoms with Gasteiger partial charge in [0, 0.05) is 32.2 Å². The van der Waals surface area contributed by atoms with Crippen LogP contribution in [0.25, 0.3) is 0 Å². The normalized spacial score (nSPS) is 27.4. The molecule has 3 aliphatic heterocycles. The maximum Gasteiger partial charge on any atom is 0.250 e. The van der Waals surface area contributed by atoms with Gasteiger partial charge in [0.15, 0.2) is 0 Å². The largest absolute Gasteiger partial charge is 0.302 e. The van der Waals surface area contributed by atoms with Crippen molar-refractivity contribution in [2.24, 2.45) is 11.8 Å². The van der Waals surface area contributed by atoms with Gasteiger partial charge in [-0.1, -0.05) is 36.4 Å². The molecule has 1 unspecified atom stereocenters. The monoisotopic (exact) mass is 419 g/mol. The number of benzene rings is 1. The van der Waals surface area contributed by atoms with Gasteiger partial charge in [0.1, 0.15) is 4.21 Å². The van der Waals surface area contributed by atoms with E-state index in [0.29, 0.717) is 28.6 Å². The average Bonchev–Trinajstić information content (AvgIpc) is 3.24. The van der Waals surface area contributed by atoms with Gasteiger partial charge in [-0.2, -0.15) is 0 Å². The van der Waals surface area contributed by atoms with Gasteiger partial charge in [-0.05, 0) is 55.3 Å². The Morgan fingerprint density at radius 1 is 1.21 bits per heavy atom. The van der Waals surface area contributed by atoms with E-state index in [1.807, 2.05) is 0 Å². The van der Waals surface area contributed by atoms with Crippen LogP contribution >= 0.6 is 11.3 Å². The van der Waals surface area contributed by atoms with Gasteiger partial charge in [0.25, 0.3) is 0 Å². The number of nitrogens with one attached hydrogen (secondary N) is 1. The maximum atomic E-state index is 12.4. The lowest BCUT2D eigenvalue weighted by atomic mass is 9.75. The first-order chi connectivity index (χ1) is 13.5. The zero-order chi connectivity index (χ0) is 19.6. The van der Waals surface area contributed by atoms with Crippen LogP contribution in [0.1, 0.15) is 18.4 Å². The number of hydrogen-bond acceptors (Lipinski definition) is 5. The van der Waals surface area contributed by atoms with Crippen LogP contribution in [0.4, 0.5) is 0 Å². The highest BCUT2D eigenvalue weighted by atomic mass is 32.2. The van der Waals surface area contributed by atoms with Crippen molar-refractivity contribution >= 4 is 21.4 Å². The van der Waals surface area contributed by atoms with Gasteiger partial charge >= 0.3 is 0 Å². The molecule has 3 saturated heterocycles. The van der Waals surface area contributed by atoms with E-state index in [-0.39, 0.29) is 0 Å². The Bertz CT molecular complexity index is 855. The molecule has 1 aromatic carbocycles. The molecule has 4 atom stereocenters. The minimum atomic E-state index is -3.37. The fourth-order valence-electron chi connectivity index (χ4n) is 4.72. The van der Waals surface area contributed by atoms with Gasteiger partial charge in [-0.15, -0.1) is 11.3 Å². The zero-order valence-electron chi connectivity index (χ0n) is 16.3. The lowest BCUT2D eigenvalue weighted by Gasteiger charge is -2.50. The van der Waals surface area contributed by atoms with E-state index in [4.69, 9.17) is 0 Å². The van der Waals surface area contributed by atoms with Crippen molar-refractivity contribution in [3.05, 3.63) is 53.4 Å². The van der Waals surface area contributed by atoms with E-state index in [1.165, 1.54) is 23.3 Å². The van der Waals surface area contributed by atoms with Crippen molar-refractivity contribution in [1.82, 2.24) is 14.5 Å². The first kappa shape index (κ1) is 20.0. The summed E-state index contributed by atoms with van der Waals surface area (Å²) in [6.45, 7) is 4.77. The van der Waals surface area contributed by atoms with Gasteiger partial charge in [0.2, 0.25) is 10.0 Å². The number of thiophene rings is 1. The molecule has 5 rings (SSSR count). The topological polar surface area (TPSA) is 52.6 Å². The lowest BCUT2D eigenvalue weighted by Crippen LogP contribution is -2.58. The van der Waals surface area contributed by atoms with Crippen LogP contribution in [-0.4, -0.2) is 57.5 Å². The van der Waals surface area contributed by atoms with Crippen molar-refractivity contribution < 1.29 is 8.42 Å². The summed E-state index contributed by atoms with van der Waals surface area (Å²) < 4.78 is 28.0. The molecule has 4 heterocycles. The van der Waals surface area contributed by atoms with Gasteiger partial charge in [-0.25, -0.2) is 13.1 Å². The Balaban J connectivity index is 1.29. The summed E-state index contributed by atoms with van der Waals surface area (Å²) in [5, 5.41) is 1.80. The Labute approximate surface area is 172 Å². The van der Waals surface area contributed by atoms with E-state index in [9.17, 15) is 8.42 Å². The fraction of sp³-hybridized carbons (Fsp3) is 0.524. The minimum absolute atomic E-state index is 0.323. The second-order valence-corrected chi connectivity index (χ2v) is 11.1. The molecule has 0 aliphatic carbocycles. The molecular weight excluding hydrogens is 390 g/mol. The highest BCUT2D eigenvalue weighted by Crippen LogP contribution is 2.36. The number of rotatable bonds is 8. The molecule has 3 aliphatic rings. The third kappa shape index (κ3) is 4.66. The van der Waals surface area contributed by atoms with Crippen molar-refractivity contribution in [3.63, 3.8) is 0 Å². The smallest absolute Gasteiger partial charge is 0.250 e. The predicted molar refractivity (Wildman–Crippen MR) is 114 cm³/mol. The molecule has 3 fully saturated rings. The molecule has 2 aromatic rings. The van der Waals surface area contributed by atoms with Crippen LogP contribution in [0.3, 0.4) is 0 Å². The van der Waals surface area contributed by atoms with Crippen molar-refractivity contribution in [2.75, 3.05) is 33.2 Å². The molecule has 5 nitrogen and oxygen atoms in total. The quantitative estimate of drug-likeness (QED) is 0.715. The zero-order valence-corrected chi connectivity index (χ0v) is 18.0. The number of nitrogens with zero attached hydrogens (tertiary/aromatic N) is 2. The SMILES string of the molecule is CN(Cc1ccccc1)C[C@H]1CN2CC[C@H]1C[C@@H]2CNS(=O)(=O)c1cccs1. The number of sulfonamides is 1. The Morgan fingerprint density at radius 3 is 2.71 bits per heavy atom. The highest BCUT2D eigenvalue weighted by Gasteiger charge is 2.40. The summed E-state index contributed by atoms with van der Waals surface area (Å²) in [6, 6.07) is 14.4. The predicted octanol–water partition coefficient (Wildman–Crippen LogP) is 2.87. The first-order valence-electron chi connectivity index (χ1n) is 10.0. The van der Waals surface area contributed by atoms with Crippen LogP contribution in [0, 0.1) is 11.8 Å². The summed E-state index contributed by atoms with van der Waals surface area (Å²) in [4.78, 5) is 4.92. The Kier molecular flexibility index (Phi) is 6.18. The summed E-state index contributed by atoms with van der Waals surface area (Å²) in [7, 11) is -1.16. The van der Waals surface area contributed by atoms with E-state index in [2.05, 4.69) is 51.9 Å². The average molecular weight is 420 g/mol. The highest BCUT2D eigenvalue weighted by molar-refractivity contribution is 7.91. The molecule has 0 saturated carbocycles. The van der Waals surface area contributed by atoms with Crippen LogP contribution in [-0.2, 0) is 16.6 Å². The molecule has 1 N–H and O–H groups in total. The minimum Gasteiger partial charge on any atom is -0.302 e. The number of fused-ring (bicyclic) bond motifs is 3. The molecule has 0 spiro atoms. The summed E-state index contributed by atoms with van der Waals surface area (Å²) in [5.41, 5.74) is 1.35. The number of hydrogen-bond donors (Lipinski definition) is 1. The molecule has 28 heavy (non-hydrogen) atoms. The van der Waals surface area contributed by atoms with Crippen LogP contribution in [0.5, 0.6) is 0 Å². The van der Waals surface area contributed by atoms with E-state index in [1.54, 1.807) is 17.5 Å². The van der Waals surface area contributed by atoms with Gasteiger partial charge in [0.05, 0.1) is 0 Å². The molecule has 7 heteroatoms. The van der Waals surface area contributed by atoms with E-state index >= 15 is 0 Å². The summed E-state index contributed by atoms with van der Waals surface area (Å²) in [6.07, 6.45) is 2.33. The first-order valence-corrected chi connectivity index (χ1v) is 12.4. The van der Waals surface area contributed by atoms with Crippen LogP contribution in [0.15, 0.2) is 52.1 Å². The molecule has 0 amide bonds. The van der Waals surface area contributed by atoms with Crippen LogP contribution in [0.2, 0.25) is 0 Å². The Morgan fingerprint density at radius 2 is 2.04 bits per heavy atom. The summed E-state index contributed by atoms with van der Waals surface area (Å²) in [5.74, 6) is 1.37. The summed E-state index contributed by atoms with van der Waals surface area (Å²) >= 11 is 1.27. The number of piperidine rings is 3. The fourth-order valence-corrected chi connectivity index (χ4v) is 6.83. The maximum absolute atomic E-state index is 12.4. The second kappa shape index (κ2) is 8.63. The lowest BCUT2D eigenvalue weighted by molar-refractivity contribution is -0.00822. The second-order valence-electron chi connectivity index (χ2n) is 8.16. The standard InChI is InChI=1S/C21H29N3O2S2/c1-23(14-17-6-3-2-4-7-17)15-19-16-24-10-9-18(19)12-20(24)13-22-28(25,26)21-8-5-11-27-21/h2-8,11,18-20,22H,9-10,12-16H2,1H3/t18-,19-,20+/m0/s1. The molecule has 2 bridgehead atoms. The molecule has 152 valence electrons. The Hall–Kier alpha value is -1.25. The molecular formula is C21H29N3O2S2. The van der Waals surface area contributed by atoms with Crippen molar-refractivity contribution in [2.45, 2.75) is 29.6 Å². The van der Waals surface area contributed by atoms with Crippen LogP contribution < -0.4 is 4.72 Å². The van der Waals surface area contributed by atoms with Crippen molar-refractivity contribution in [3.8, 4) is 0 Å². The third-order valence-electron chi connectivity index (χ3n) is 6.12. The molecule has 0 radical (unpaired) electrons. The van der Waals surface area contributed by atoms with Crippen molar-refractivity contribution in [1.29, 1.82) is 0 Å². The van der Waals surface area contributed by atoms with Gasteiger partial charge in [-0.3, -0.25) is 4.90 Å². The third-order valence-corrected chi connectivity index (χ3v) is 8.95. The van der Waals surface area contributed by atoms with E-state index < -0.39 is 10.0 Å². The van der Waals surface area contributed by atoms with E-state index in [0.717, 1.165) is 32.6 Å².